The van der Waals surface area contributed by atoms with Gasteiger partial charge in [0.25, 0.3) is 5.91 Å². The highest BCUT2D eigenvalue weighted by Crippen LogP contribution is 2.37. The first kappa shape index (κ1) is 18.9. The van der Waals surface area contributed by atoms with Crippen LogP contribution in [0.3, 0.4) is 0 Å². The van der Waals surface area contributed by atoms with Crippen molar-refractivity contribution in [1.82, 2.24) is 24.1 Å². The predicted octanol–water partition coefficient (Wildman–Crippen LogP) is 2.62. The molecule has 3 fully saturated rings. The molecule has 0 unspecified atom stereocenters. The van der Waals surface area contributed by atoms with E-state index in [1.54, 1.807) is 0 Å². The van der Waals surface area contributed by atoms with Crippen LogP contribution in [0.25, 0.3) is 0 Å². The van der Waals surface area contributed by atoms with E-state index in [9.17, 15) is 4.79 Å². The van der Waals surface area contributed by atoms with Crippen LogP contribution in [0.2, 0.25) is 0 Å². The van der Waals surface area contributed by atoms with Gasteiger partial charge in [-0.1, -0.05) is 6.42 Å². The summed E-state index contributed by atoms with van der Waals surface area (Å²) in [7, 11) is 1.93. The normalized spacial score (nSPS) is 26.0. The molecule has 2 aliphatic heterocycles. The molecule has 1 saturated carbocycles. The van der Waals surface area contributed by atoms with Crippen molar-refractivity contribution in [2.75, 3.05) is 32.8 Å². The molecule has 2 aromatic heterocycles. The Hall–Kier alpha value is -2.12. The summed E-state index contributed by atoms with van der Waals surface area (Å²) in [6.07, 6.45) is 12.1. The van der Waals surface area contributed by atoms with E-state index in [0.29, 0.717) is 19.2 Å². The van der Waals surface area contributed by atoms with E-state index in [-0.39, 0.29) is 18.1 Å². The molecule has 0 N–H and O–H groups in total. The fraction of sp³-hybridized carbons (Fsp3) is 0.636. The highest BCUT2D eigenvalue weighted by atomic mass is 16.5. The number of morpholine rings is 1. The van der Waals surface area contributed by atoms with Crippen molar-refractivity contribution < 1.29 is 9.53 Å². The van der Waals surface area contributed by atoms with Gasteiger partial charge in [-0.25, -0.2) is 0 Å². The zero-order chi connectivity index (χ0) is 19.8. The van der Waals surface area contributed by atoms with Gasteiger partial charge < -0.3 is 19.1 Å². The van der Waals surface area contributed by atoms with Crippen LogP contribution in [0.4, 0.5) is 0 Å². The van der Waals surface area contributed by atoms with Crippen molar-refractivity contribution in [3.8, 4) is 0 Å². The van der Waals surface area contributed by atoms with Crippen molar-refractivity contribution in [3.63, 3.8) is 0 Å². The van der Waals surface area contributed by atoms with Gasteiger partial charge >= 0.3 is 0 Å². The number of likely N-dealkylation sites (tertiary alicyclic amines) is 1. The first-order chi connectivity index (χ1) is 14.2. The summed E-state index contributed by atoms with van der Waals surface area (Å²) in [5.74, 6) is 0.114. The zero-order valence-electron chi connectivity index (χ0n) is 17.2. The van der Waals surface area contributed by atoms with Crippen LogP contribution < -0.4 is 0 Å². The summed E-state index contributed by atoms with van der Waals surface area (Å²) in [6, 6.07) is 4.35. The molecule has 1 aliphatic carbocycles. The van der Waals surface area contributed by atoms with Crippen LogP contribution in [0.15, 0.2) is 30.7 Å². The number of ether oxygens (including phenoxy) is 1. The summed E-state index contributed by atoms with van der Waals surface area (Å²) in [4.78, 5) is 18.2. The quantitative estimate of drug-likeness (QED) is 0.778. The van der Waals surface area contributed by atoms with Crippen molar-refractivity contribution in [1.29, 1.82) is 0 Å². The monoisotopic (exact) mass is 397 g/mol. The molecule has 0 radical (unpaired) electrons. The van der Waals surface area contributed by atoms with Gasteiger partial charge in [-0.15, -0.1) is 0 Å². The van der Waals surface area contributed by atoms with E-state index in [1.165, 1.54) is 32.1 Å². The van der Waals surface area contributed by atoms with Crippen molar-refractivity contribution >= 4 is 5.91 Å². The minimum Gasteiger partial charge on any atom is -0.373 e. The molecule has 2 saturated heterocycles. The van der Waals surface area contributed by atoms with Crippen molar-refractivity contribution in [2.24, 2.45) is 7.05 Å². The maximum atomic E-state index is 13.7. The standard InChI is InChI=1S/C22H31N5O2/c1-24-15-17(14-23-24)21-20(16-25-9-3-2-4-10-25)29-13-12-27(21)22(28)19-6-5-11-26(19)18-7-8-18/h5-6,11,14-15,18,20-21H,2-4,7-10,12-13,16H2,1H3/t20-,21-/m0/s1. The third-order valence-corrected chi connectivity index (χ3v) is 6.50. The number of hydrogen-bond acceptors (Lipinski definition) is 4. The molecule has 3 aliphatic rings. The number of piperidine rings is 1. The van der Waals surface area contributed by atoms with Crippen LogP contribution in [-0.4, -0.2) is 68.9 Å². The van der Waals surface area contributed by atoms with Gasteiger partial charge in [-0.3, -0.25) is 9.48 Å². The molecule has 4 heterocycles. The molecule has 5 rings (SSSR count). The second-order valence-corrected chi connectivity index (χ2v) is 8.69. The zero-order valence-corrected chi connectivity index (χ0v) is 17.2. The molecule has 29 heavy (non-hydrogen) atoms. The Morgan fingerprint density at radius 3 is 2.76 bits per heavy atom. The number of amides is 1. The number of carbonyl (C=O) groups is 1. The van der Waals surface area contributed by atoms with Gasteiger partial charge in [0, 0.05) is 44.1 Å². The Kier molecular flexibility index (Phi) is 5.18. The second-order valence-electron chi connectivity index (χ2n) is 8.69. The first-order valence-electron chi connectivity index (χ1n) is 11.0. The number of rotatable bonds is 5. The molecular weight excluding hydrogens is 366 g/mol. The molecule has 7 nitrogen and oxygen atoms in total. The highest BCUT2D eigenvalue weighted by Gasteiger charge is 2.40. The number of nitrogens with zero attached hydrogens (tertiary/aromatic N) is 5. The smallest absolute Gasteiger partial charge is 0.271 e. The Bertz CT molecular complexity index is 849. The van der Waals surface area contributed by atoms with Gasteiger partial charge in [-0.05, 0) is 50.9 Å². The van der Waals surface area contributed by atoms with Crippen LogP contribution >= 0.6 is 0 Å². The Labute approximate surface area is 172 Å². The van der Waals surface area contributed by atoms with Crippen LogP contribution in [0, 0.1) is 0 Å². The summed E-state index contributed by atoms with van der Waals surface area (Å²) >= 11 is 0. The van der Waals surface area contributed by atoms with Crippen LogP contribution in [-0.2, 0) is 11.8 Å². The molecule has 0 aromatic carbocycles. The molecule has 1 amide bonds. The largest absolute Gasteiger partial charge is 0.373 e. The van der Waals surface area contributed by atoms with E-state index >= 15 is 0 Å². The Morgan fingerprint density at radius 2 is 2.03 bits per heavy atom. The third-order valence-electron chi connectivity index (χ3n) is 6.50. The van der Waals surface area contributed by atoms with Gasteiger partial charge in [0.05, 0.1) is 24.9 Å². The first-order valence-corrected chi connectivity index (χ1v) is 11.0. The minimum atomic E-state index is -0.102. The Morgan fingerprint density at radius 1 is 1.21 bits per heavy atom. The lowest BCUT2D eigenvalue weighted by atomic mass is 9.99. The lowest BCUT2D eigenvalue weighted by molar-refractivity contribution is -0.0744. The molecular formula is C22H31N5O2. The molecule has 2 aromatic rings. The van der Waals surface area contributed by atoms with Gasteiger partial charge in [0.1, 0.15) is 5.69 Å². The summed E-state index contributed by atoms with van der Waals surface area (Å²) in [5, 5.41) is 4.39. The molecule has 156 valence electrons. The van der Waals surface area contributed by atoms with Gasteiger partial charge in [0.15, 0.2) is 0 Å². The van der Waals surface area contributed by atoms with Crippen molar-refractivity contribution in [2.45, 2.75) is 50.3 Å². The van der Waals surface area contributed by atoms with Crippen LogP contribution in [0.5, 0.6) is 0 Å². The number of hydrogen-bond donors (Lipinski definition) is 0. The number of aromatic nitrogens is 3. The van der Waals surface area contributed by atoms with Gasteiger partial charge in [-0.2, -0.15) is 5.10 Å². The second kappa shape index (κ2) is 7.95. The summed E-state index contributed by atoms with van der Waals surface area (Å²) in [6.45, 7) is 4.32. The van der Waals surface area contributed by atoms with E-state index in [2.05, 4.69) is 20.8 Å². The number of carbonyl (C=O) groups excluding carboxylic acids is 1. The third kappa shape index (κ3) is 3.85. The van der Waals surface area contributed by atoms with Crippen LogP contribution in [0.1, 0.15) is 60.2 Å². The maximum absolute atomic E-state index is 13.7. The molecule has 7 heteroatoms. The lowest BCUT2D eigenvalue weighted by Gasteiger charge is -2.43. The predicted molar refractivity (Wildman–Crippen MR) is 110 cm³/mol. The molecule has 0 spiro atoms. The topological polar surface area (TPSA) is 55.5 Å². The van der Waals surface area contributed by atoms with Crippen molar-refractivity contribution in [3.05, 3.63) is 42.0 Å². The van der Waals surface area contributed by atoms with Gasteiger partial charge in [0.2, 0.25) is 0 Å². The average Bonchev–Trinajstić information content (AvgIpc) is 3.30. The van der Waals surface area contributed by atoms with E-state index in [4.69, 9.17) is 4.74 Å². The maximum Gasteiger partial charge on any atom is 0.271 e. The fourth-order valence-electron chi connectivity index (χ4n) is 4.89. The van der Waals surface area contributed by atoms with E-state index < -0.39 is 0 Å². The summed E-state index contributed by atoms with van der Waals surface area (Å²) < 4.78 is 10.2. The average molecular weight is 398 g/mol. The van der Waals surface area contributed by atoms with E-state index in [1.807, 2.05) is 41.2 Å². The highest BCUT2D eigenvalue weighted by molar-refractivity contribution is 5.93. The number of aryl methyl sites for hydroxylation is 1. The minimum absolute atomic E-state index is 0.0284. The molecule has 2 atom stereocenters. The lowest BCUT2D eigenvalue weighted by Crippen LogP contribution is -2.52. The Balaban J connectivity index is 1.43. The SMILES string of the molecule is Cn1cc([C@H]2[C@H](CN3CCCCC3)OCCN2C(=O)c2cccn2C2CC2)cn1. The fourth-order valence-corrected chi connectivity index (χ4v) is 4.89. The summed E-state index contributed by atoms with van der Waals surface area (Å²) in [5.41, 5.74) is 1.87. The molecule has 0 bridgehead atoms. The van der Waals surface area contributed by atoms with E-state index in [0.717, 1.165) is 30.9 Å².